The minimum Gasteiger partial charge on any atom is -0.466 e. The van der Waals surface area contributed by atoms with E-state index in [9.17, 15) is 19.2 Å². The summed E-state index contributed by atoms with van der Waals surface area (Å²) in [6.07, 6.45) is 0.0107. The molecule has 0 spiro atoms. The first kappa shape index (κ1) is 12.2. The lowest BCUT2D eigenvalue weighted by atomic mass is 10.1. The fourth-order valence-corrected chi connectivity index (χ4v) is 1.81. The zero-order chi connectivity index (χ0) is 13.3. The van der Waals surface area contributed by atoms with Crippen molar-refractivity contribution in [3.63, 3.8) is 0 Å². The van der Waals surface area contributed by atoms with Gasteiger partial charge in [0.1, 0.15) is 0 Å². The largest absolute Gasteiger partial charge is 0.466 e. The summed E-state index contributed by atoms with van der Waals surface area (Å²) in [7, 11) is 0. The van der Waals surface area contributed by atoms with Gasteiger partial charge in [-0.2, -0.15) is 0 Å². The molecule has 5 heteroatoms. The molecule has 0 heterocycles. The minimum absolute atomic E-state index is 0.0107. The number of esters is 1. The second kappa shape index (κ2) is 4.52. The number of hydrogen-bond donors (Lipinski definition) is 0. The lowest BCUT2D eigenvalue weighted by Crippen LogP contribution is -2.29. The summed E-state index contributed by atoms with van der Waals surface area (Å²) < 4.78 is 4.78. The van der Waals surface area contributed by atoms with Gasteiger partial charge in [0.25, 0.3) is 5.43 Å². The lowest BCUT2D eigenvalue weighted by Gasteiger charge is -2.01. The normalized spacial score (nSPS) is 10.7. The zero-order valence-electron chi connectivity index (χ0n) is 9.69. The molecule has 0 aromatic heterocycles. The second-order valence-corrected chi connectivity index (χ2v) is 3.85. The van der Waals surface area contributed by atoms with Crippen LogP contribution in [0.5, 0.6) is 0 Å². The van der Waals surface area contributed by atoms with E-state index in [1.807, 2.05) is 0 Å². The molecule has 0 unspecified atom stereocenters. The van der Waals surface area contributed by atoms with E-state index >= 15 is 0 Å². The average molecular weight is 246 g/mol. The zero-order valence-corrected chi connectivity index (χ0v) is 9.69. The van der Waals surface area contributed by atoms with E-state index < -0.39 is 22.3 Å². The summed E-state index contributed by atoms with van der Waals surface area (Å²) in [4.78, 5) is 45.4. The lowest BCUT2D eigenvalue weighted by molar-refractivity contribution is -0.142. The van der Waals surface area contributed by atoms with Crippen LogP contribution >= 0.6 is 0 Å². The Morgan fingerprint density at radius 2 is 1.72 bits per heavy atom. The van der Waals surface area contributed by atoms with Crippen molar-refractivity contribution in [2.75, 3.05) is 6.61 Å². The summed E-state index contributed by atoms with van der Waals surface area (Å²) in [5.74, 6) is -0.416. The molecule has 0 saturated carbocycles. The van der Waals surface area contributed by atoms with Crippen molar-refractivity contribution >= 4 is 16.7 Å². The van der Waals surface area contributed by atoms with Crippen molar-refractivity contribution in [1.29, 1.82) is 0 Å². The second-order valence-electron chi connectivity index (χ2n) is 3.85. The average Bonchev–Trinajstić information content (AvgIpc) is 2.55. The van der Waals surface area contributed by atoms with E-state index in [-0.39, 0.29) is 23.8 Å². The quantitative estimate of drug-likeness (QED) is 0.558. The van der Waals surface area contributed by atoms with Crippen LogP contribution in [0.15, 0.2) is 32.6 Å². The van der Waals surface area contributed by atoms with Gasteiger partial charge in [0.05, 0.1) is 13.0 Å². The number of carbonyl (C=O) groups excluding carboxylic acids is 1. The first-order valence-corrected chi connectivity index (χ1v) is 5.46. The van der Waals surface area contributed by atoms with E-state index in [4.69, 9.17) is 4.74 Å². The van der Waals surface area contributed by atoms with Gasteiger partial charge >= 0.3 is 5.97 Å². The standard InChI is InChI=1S/C13H10O5/c1-2-18-10(14)6-7-3-4-8-9(5-7)12(16)13(17)11(8)15/h3-5H,2,6H2,1H3. The van der Waals surface area contributed by atoms with Gasteiger partial charge in [0, 0.05) is 10.8 Å². The highest BCUT2D eigenvalue weighted by Crippen LogP contribution is 2.09. The van der Waals surface area contributed by atoms with E-state index in [2.05, 4.69) is 0 Å². The van der Waals surface area contributed by atoms with Crippen molar-refractivity contribution in [3.05, 3.63) is 54.4 Å². The Balaban J connectivity index is 2.48. The van der Waals surface area contributed by atoms with Gasteiger partial charge in [0.15, 0.2) is 0 Å². The van der Waals surface area contributed by atoms with E-state index in [0.29, 0.717) is 5.56 Å². The van der Waals surface area contributed by atoms with E-state index in [0.717, 1.165) is 0 Å². The van der Waals surface area contributed by atoms with Gasteiger partial charge in [-0.1, -0.05) is 6.07 Å². The Morgan fingerprint density at radius 3 is 2.39 bits per heavy atom. The fraction of sp³-hybridized carbons (Fsp3) is 0.231. The van der Waals surface area contributed by atoms with Gasteiger partial charge in [-0.25, -0.2) is 0 Å². The number of carbonyl (C=O) groups is 1. The highest BCUT2D eigenvalue weighted by Gasteiger charge is 2.13. The molecule has 2 rings (SSSR count). The van der Waals surface area contributed by atoms with Crippen molar-refractivity contribution in [3.8, 4) is 0 Å². The molecule has 0 bridgehead atoms. The van der Waals surface area contributed by atoms with Crippen LogP contribution in [0.25, 0.3) is 10.8 Å². The highest BCUT2D eigenvalue weighted by molar-refractivity contribution is 5.85. The minimum atomic E-state index is -1.02. The van der Waals surface area contributed by atoms with Gasteiger partial charge < -0.3 is 4.74 Å². The van der Waals surface area contributed by atoms with Gasteiger partial charge in [-0.05, 0) is 24.6 Å². The molecule has 0 aliphatic heterocycles. The molecule has 92 valence electrons. The Hall–Kier alpha value is -2.30. The Kier molecular flexibility index (Phi) is 3.06. The third-order valence-electron chi connectivity index (χ3n) is 2.64. The molecule has 2 aromatic carbocycles. The Bertz CT molecular complexity index is 750. The SMILES string of the molecule is CCOC(=O)Cc1ccc2c(=O)c(=O)c(=O)c2c1. The topological polar surface area (TPSA) is 77.5 Å². The van der Waals surface area contributed by atoms with Gasteiger partial charge in [0.2, 0.25) is 10.9 Å². The van der Waals surface area contributed by atoms with Crippen LogP contribution in [0.3, 0.4) is 0 Å². The molecular weight excluding hydrogens is 236 g/mol. The number of hydrogen-bond acceptors (Lipinski definition) is 5. The molecule has 0 N–H and O–H groups in total. The van der Waals surface area contributed by atoms with Crippen molar-refractivity contribution in [2.24, 2.45) is 0 Å². The fourth-order valence-electron chi connectivity index (χ4n) is 1.81. The number of ether oxygens (including phenoxy) is 1. The van der Waals surface area contributed by atoms with Crippen LogP contribution in [0, 0.1) is 0 Å². The summed E-state index contributed by atoms with van der Waals surface area (Å²) in [5.41, 5.74) is -2.06. The van der Waals surface area contributed by atoms with Crippen LogP contribution < -0.4 is 16.3 Å². The first-order valence-electron chi connectivity index (χ1n) is 5.46. The molecule has 18 heavy (non-hydrogen) atoms. The van der Waals surface area contributed by atoms with Crippen molar-refractivity contribution in [1.82, 2.24) is 0 Å². The van der Waals surface area contributed by atoms with Crippen molar-refractivity contribution < 1.29 is 9.53 Å². The van der Waals surface area contributed by atoms with E-state index in [1.54, 1.807) is 13.0 Å². The highest BCUT2D eigenvalue weighted by atomic mass is 16.5. The van der Waals surface area contributed by atoms with E-state index in [1.165, 1.54) is 12.1 Å². The Labute approximate surface area is 101 Å². The molecule has 0 atom stereocenters. The molecule has 0 radical (unpaired) electrons. The van der Waals surface area contributed by atoms with Gasteiger partial charge in [-0.15, -0.1) is 0 Å². The molecule has 0 saturated heterocycles. The van der Waals surface area contributed by atoms with Crippen molar-refractivity contribution in [2.45, 2.75) is 13.3 Å². The third-order valence-corrected chi connectivity index (χ3v) is 2.64. The van der Waals surface area contributed by atoms with Crippen LogP contribution in [-0.2, 0) is 16.0 Å². The maximum Gasteiger partial charge on any atom is 0.310 e. The molecule has 5 nitrogen and oxygen atoms in total. The maximum absolute atomic E-state index is 11.5. The van der Waals surface area contributed by atoms with Crippen LogP contribution in [0.2, 0.25) is 0 Å². The summed E-state index contributed by atoms with van der Waals surface area (Å²) in [6, 6.07) is 4.34. The van der Waals surface area contributed by atoms with Crippen LogP contribution in [-0.4, -0.2) is 12.6 Å². The molecule has 2 aromatic rings. The molecule has 0 aliphatic carbocycles. The molecular formula is C13H10O5. The molecule has 0 amide bonds. The van der Waals surface area contributed by atoms with Crippen LogP contribution in [0.4, 0.5) is 0 Å². The number of benzene rings is 1. The third kappa shape index (κ3) is 1.95. The summed E-state index contributed by atoms with van der Waals surface area (Å²) in [6.45, 7) is 1.97. The number of rotatable bonds is 3. The summed E-state index contributed by atoms with van der Waals surface area (Å²) >= 11 is 0. The smallest absolute Gasteiger partial charge is 0.310 e. The van der Waals surface area contributed by atoms with Gasteiger partial charge in [-0.3, -0.25) is 19.2 Å². The molecule has 0 fully saturated rings. The summed E-state index contributed by atoms with van der Waals surface area (Å²) in [5, 5.41) is 0.185. The predicted molar refractivity (Wildman–Crippen MR) is 65.5 cm³/mol. The predicted octanol–water partition coefficient (Wildman–Crippen LogP) is -0.0984. The monoisotopic (exact) mass is 246 g/mol. The number of fused-ring (bicyclic) bond motifs is 1. The molecule has 0 aliphatic rings. The maximum atomic E-state index is 11.5. The van der Waals surface area contributed by atoms with Crippen LogP contribution in [0.1, 0.15) is 12.5 Å². The first-order chi connectivity index (χ1) is 8.54. The Morgan fingerprint density at radius 1 is 1.06 bits per heavy atom.